The van der Waals surface area contributed by atoms with Crippen molar-refractivity contribution < 1.29 is 14.4 Å². The van der Waals surface area contributed by atoms with Crippen molar-refractivity contribution in [3.8, 4) is 12.8 Å². The van der Waals surface area contributed by atoms with E-state index in [2.05, 4.69) is 30.9 Å². The average Bonchev–Trinajstić information content (AvgIpc) is 2.20. The molecule has 0 aromatic rings. The van der Waals surface area contributed by atoms with Crippen molar-refractivity contribution in [3.05, 3.63) is 0 Å². The maximum absolute atomic E-state index is 8.00. The van der Waals surface area contributed by atoms with Crippen LogP contribution in [0, 0.1) is 12.8 Å². The van der Waals surface area contributed by atoms with Crippen LogP contribution in [-0.4, -0.2) is 26.2 Å². The number of thiocarbonyl (C=S) groups is 1. The summed E-state index contributed by atoms with van der Waals surface area (Å²) in [6.45, 7) is 6.00. The predicted molar refractivity (Wildman–Crippen MR) is 46.0 cm³/mol. The zero-order valence-electron chi connectivity index (χ0n) is 5.62. The minimum Gasteiger partial charge on any atom is -0.307 e. The number of carbonyl (C=O) groups excluding carboxylic acids is 3. The van der Waals surface area contributed by atoms with Gasteiger partial charge in [0.25, 0.3) is 0 Å². The summed E-state index contributed by atoms with van der Waals surface area (Å²) < 4.78 is 0. The van der Waals surface area contributed by atoms with E-state index in [0.717, 1.165) is 0 Å². The lowest BCUT2D eigenvalue weighted by Gasteiger charge is -0.837. The topological polar surface area (TPSA) is 51.2 Å². The fourth-order valence-electron chi connectivity index (χ4n) is 0. The summed E-state index contributed by atoms with van der Waals surface area (Å²) >= 11 is 3.83. The van der Waals surface area contributed by atoms with Crippen molar-refractivity contribution in [1.29, 1.82) is 0 Å². The number of rotatable bonds is 0. The quantitative estimate of drug-likeness (QED) is 0.380. The van der Waals surface area contributed by atoms with Gasteiger partial charge in [0.2, 0.25) is 0 Å². The van der Waals surface area contributed by atoms with E-state index in [1.54, 1.807) is 0 Å². The second-order valence-electron chi connectivity index (χ2n) is 0. The monoisotopic (exact) mass is 162 g/mol. The average molecular weight is 162 g/mol. The van der Waals surface area contributed by atoms with Gasteiger partial charge in [-0.15, -0.1) is 12.8 Å². The van der Waals surface area contributed by atoms with Gasteiger partial charge < -0.3 is 14.4 Å². The highest BCUT2D eigenvalue weighted by atomic mass is 32.1. The molecule has 0 radical (unpaired) electrons. The molecule has 0 spiro atoms. The van der Waals surface area contributed by atoms with Crippen LogP contribution in [0.3, 0.4) is 0 Å². The molecule has 0 bridgehead atoms. The first-order chi connectivity index (χ1) is 5.00. The van der Waals surface area contributed by atoms with Gasteiger partial charge in [0.05, 0.1) is 0 Å². The zero-order valence-corrected chi connectivity index (χ0v) is 6.43. The SMILES string of the molecule is C#C.C=O.C=O.C=O.C=S. The summed E-state index contributed by atoms with van der Waals surface area (Å²) in [5, 5.41) is 0. The Morgan fingerprint density at radius 3 is 0.700 bits per heavy atom. The second-order valence-corrected chi connectivity index (χ2v) is 0. The Kier molecular flexibility index (Phi) is 718. The summed E-state index contributed by atoms with van der Waals surface area (Å²) in [4.78, 5) is 24.0. The molecule has 3 nitrogen and oxygen atoms in total. The van der Waals surface area contributed by atoms with Gasteiger partial charge in [-0.3, -0.25) is 0 Å². The first-order valence-electron chi connectivity index (χ1n) is 1.49. The lowest BCUT2D eigenvalue weighted by molar-refractivity contribution is -0.0987. The lowest BCUT2D eigenvalue weighted by atomic mass is 11.4. The third-order valence-corrected chi connectivity index (χ3v) is 0. The van der Waals surface area contributed by atoms with E-state index in [4.69, 9.17) is 14.4 Å². The summed E-state index contributed by atoms with van der Waals surface area (Å²) in [6.07, 6.45) is 8.00. The molecule has 0 aromatic carbocycles. The van der Waals surface area contributed by atoms with Crippen LogP contribution in [0.4, 0.5) is 0 Å². The number of carbonyl (C=O) groups is 3. The Morgan fingerprint density at radius 1 is 0.700 bits per heavy atom. The predicted octanol–water partition coefficient (Wildman–Crippen LogP) is 0.311. The van der Waals surface area contributed by atoms with E-state index < -0.39 is 0 Å². The smallest absolute Gasteiger partial charge is 0.106 e. The van der Waals surface area contributed by atoms with Crippen molar-refractivity contribution >= 4 is 38.5 Å². The second kappa shape index (κ2) is 189. The van der Waals surface area contributed by atoms with E-state index in [1.807, 2.05) is 20.4 Å². The molecule has 0 unspecified atom stereocenters. The van der Waals surface area contributed by atoms with E-state index in [0.29, 0.717) is 0 Å². The molecule has 0 rings (SSSR count). The van der Waals surface area contributed by atoms with Gasteiger partial charge in [-0.2, -0.15) is 0 Å². The summed E-state index contributed by atoms with van der Waals surface area (Å²) in [5.74, 6) is 2.83. The third-order valence-electron chi connectivity index (χ3n) is 0. The molecule has 0 aliphatic carbocycles. The van der Waals surface area contributed by atoms with Gasteiger partial charge in [0, 0.05) is 0 Å². The molecule has 0 fully saturated rings. The fraction of sp³-hybridized carbons (Fsp3) is 0. The van der Waals surface area contributed by atoms with Crippen LogP contribution in [0.2, 0.25) is 0 Å². The van der Waals surface area contributed by atoms with E-state index in [1.165, 1.54) is 0 Å². The van der Waals surface area contributed by atoms with Crippen LogP contribution in [0.25, 0.3) is 0 Å². The first-order valence-corrected chi connectivity index (χ1v) is 2.07. The molecule has 0 amide bonds. The minimum absolute atomic E-state index is 2.00. The van der Waals surface area contributed by atoms with Gasteiger partial charge in [-0.1, -0.05) is 12.2 Å². The summed E-state index contributed by atoms with van der Waals surface area (Å²) in [5.41, 5.74) is 0. The van der Waals surface area contributed by atoms with Crippen molar-refractivity contribution in [2.24, 2.45) is 0 Å². The van der Waals surface area contributed by atoms with Crippen molar-refractivity contribution in [3.63, 3.8) is 0 Å². The molecule has 0 N–H and O–H groups in total. The molecule has 0 saturated heterocycles. The molecule has 58 valence electrons. The summed E-state index contributed by atoms with van der Waals surface area (Å²) in [7, 11) is 0. The van der Waals surface area contributed by atoms with Gasteiger partial charge in [0.1, 0.15) is 20.4 Å². The van der Waals surface area contributed by atoms with E-state index >= 15 is 0 Å². The fourth-order valence-corrected chi connectivity index (χ4v) is 0. The Hall–Kier alpha value is -1.34. The van der Waals surface area contributed by atoms with Crippen molar-refractivity contribution in [1.82, 2.24) is 0 Å². The van der Waals surface area contributed by atoms with Crippen molar-refractivity contribution in [2.75, 3.05) is 0 Å². The van der Waals surface area contributed by atoms with Gasteiger partial charge in [0.15, 0.2) is 0 Å². The van der Waals surface area contributed by atoms with Crippen LogP contribution in [-0.2, 0) is 14.4 Å². The number of hydrogen-bond acceptors (Lipinski definition) is 4. The molecular weight excluding hydrogens is 152 g/mol. The molecule has 10 heavy (non-hydrogen) atoms. The molecular formula is C6H10O3S. The minimum atomic E-state index is 2.00. The highest BCUT2D eigenvalue weighted by Crippen LogP contribution is 1.03. The molecule has 0 atom stereocenters. The van der Waals surface area contributed by atoms with Crippen LogP contribution in [0.5, 0.6) is 0 Å². The zero-order chi connectivity index (χ0) is 10.0. The highest BCUT2D eigenvalue weighted by Gasteiger charge is 0.644. The normalized spacial score (nSPS) is 1.80. The summed E-state index contributed by atoms with van der Waals surface area (Å²) in [6, 6.07) is 0. The molecule has 0 aliphatic rings. The van der Waals surface area contributed by atoms with Gasteiger partial charge >= 0.3 is 0 Å². The lowest BCUT2D eigenvalue weighted by Crippen LogP contribution is -0.925. The Morgan fingerprint density at radius 2 is 0.700 bits per heavy atom. The van der Waals surface area contributed by atoms with Crippen molar-refractivity contribution in [2.45, 2.75) is 0 Å². The largest absolute Gasteiger partial charge is 0.307 e. The molecule has 0 aliphatic heterocycles. The number of hydrogen-bond donors (Lipinski definition) is 0. The highest BCUT2D eigenvalue weighted by molar-refractivity contribution is 7.77. The van der Waals surface area contributed by atoms with Gasteiger partial charge in [-0.05, 0) is 5.87 Å². The van der Waals surface area contributed by atoms with Gasteiger partial charge in [-0.25, -0.2) is 0 Å². The maximum Gasteiger partial charge on any atom is 0.106 e. The molecule has 4 heteroatoms. The molecule has 0 saturated carbocycles. The Balaban J connectivity index is -0.0000000104. The first kappa shape index (κ1) is 37.9. The van der Waals surface area contributed by atoms with Crippen LogP contribution in [0.15, 0.2) is 0 Å². The number of terminal acetylenes is 1. The molecule has 0 aromatic heterocycles. The maximum atomic E-state index is 8.00. The Bertz CT molecular complexity index is 39.5. The molecule has 0 heterocycles. The standard InChI is InChI=1S/C2H2.3CH2O.CH2S/c5*1-2/h1-2H;4*1H2. The van der Waals surface area contributed by atoms with E-state index in [9.17, 15) is 0 Å². The van der Waals surface area contributed by atoms with Crippen LogP contribution < -0.4 is 0 Å². The Labute approximate surface area is 66.4 Å². The van der Waals surface area contributed by atoms with E-state index in [-0.39, 0.29) is 0 Å². The van der Waals surface area contributed by atoms with Crippen LogP contribution >= 0.6 is 12.2 Å². The van der Waals surface area contributed by atoms with Crippen LogP contribution in [0.1, 0.15) is 0 Å². The third kappa shape index (κ3) is 119.